The van der Waals surface area contributed by atoms with Gasteiger partial charge in [-0.2, -0.15) is 0 Å². The van der Waals surface area contributed by atoms with E-state index < -0.39 is 0 Å². The molecule has 3 fully saturated rings. The molecule has 18 heavy (non-hydrogen) atoms. The molecule has 3 aliphatic rings. The number of quaternary nitrogens is 1. The fraction of sp³-hybridized carbons (Fsp3) is 0.533. The van der Waals surface area contributed by atoms with Gasteiger partial charge in [0, 0.05) is 25.2 Å². The van der Waals surface area contributed by atoms with Crippen LogP contribution in [-0.2, 0) is 0 Å². The Morgan fingerprint density at radius 1 is 1.11 bits per heavy atom. The molecule has 96 valence electrons. The van der Waals surface area contributed by atoms with Crippen molar-refractivity contribution in [2.75, 3.05) is 39.3 Å². The Balaban J connectivity index is 1.82. The van der Waals surface area contributed by atoms with E-state index in [-0.39, 0.29) is 6.04 Å². The molecule has 4 rings (SSSR count). The van der Waals surface area contributed by atoms with Crippen LogP contribution in [0, 0.1) is 0 Å². The molecular weight excluding hydrogens is 224 g/mol. The summed E-state index contributed by atoms with van der Waals surface area (Å²) < 4.78 is 1.00. The molecule has 1 unspecified atom stereocenters. The third kappa shape index (κ3) is 1.88. The Morgan fingerprint density at radius 3 is 2.22 bits per heavy atom. The number of piperazine rings is 3. The Labute approximate surface area is 109 Å². The van der Waals surface area contributed by atoms with E-state index in [2.05, 4.69) is 11.8 Å². The van der Waals surface area contributed by atoms with E-state index in [0.717, 1.165) is 49.3 Å². The smallest absolute Gasteiger partial charge is 0.219 e. The summed E-state index contributed by atoms with van der Waals surface area (Å²) in [7, 11) is 0. The Kier molecular flexibility index (Phi) is 2.96. The third-order valence-corrected chi connectivity index (χ3v) is 4.84. The average Bonchev–Trinajstić information content (AvgIpc) is 2.48. The molecule has 0 radical (unpaired) electrons. The van der Waals surface area contributed by atoms with Gasteiger partial charge < -0.3 is 4.48 Å². The zero-order chi connectivity index (χ0) is 12.6. The predicted octanol–water partition coefficient (Wildman–Crippen LogP) is 1.40. The van der Waals surface area contributed by atoms with Gasteiger partial charge in [0.1, 0.15) is 0 Å². The van der Waals surface area contributed by atoms with Crippen molar-refractivity contribution in [3.8, 4) is 0 Å². The van der Waals surface area contributed by atoms with Crippen molar-refractivity contribution in [3.05, 3.63) is 35.9 Å². The number of Topliss-reactive ketones (excluding diaryl/α,β-unsaturated/α-hetero) is 1. The van der Waals surface area contributed by atoms with Crippen LogP contribution in [0.25, 0.3) is 0 Å². The van der Waals surface area contributed by atoms with E-state index >= 15 is 0 Å². The van der Waals surface area contributed by atoms with Crippen LogP contribution in [0.4, 0.5) is 0 Å². The molecular formula is C15H21N2O+. The first kappa shape index (κ1) is 11.9. The molecule has 3 heterocycles. The van der Waals surface area contributed by atoms with Crippen molar-refractivity contribution < 1.29 is 9.28 Å². The van der Waals surface area contributed by atoms with E-state index in [0.29, 0.717) is 5.78 Å². The summed E-state index contributed by atoms with van der Waals surface area (Å²) in [4.78, 5) is 15.1. The van der Waals surface area contributed by atoms with E-state index in [1.807, 2.05) is 30.3 Å². The molecule has 0 N–H and O–H groups in total. The monoisotopic (exact) mass is 245 g/mol. The lowest BCUT2D eigenvalue weighted by Gasteiger charge is -2.53. The van der Waals surface area contributed by atoms with Crippen LogP contribution in [-0.4, -0.2) is 60.5 Å². The number of carbonyl (C=O) groups is 1. The van der Waals surface area contributed by atoms with Gasteiger partial charge in [-0.1, -0.05) is 30.3 Å². The fourth-order valence-electron chi connectivity index (χ4n) is 3.37. The van der Waals surface area contributed by atoms with Crippen molar-refractivity contribution in [3.63, 3.8) is 0 Å². The topological polar surface area (TPSA) is 20.3 Å². The molecule has 2 bridgehead atoms. The van der Waals surface area contributed by atoms with E-state index in [1.165, 1.54) is 0 Å². The van der Waals surface area contributed by atoms with Crippen LogP contribution in [0.15, 0.2) is 30.3 Å². The van der Waals surface area contributed by atoms with Crippen LogP contribution < -0.4 is 0 Å². The van der Waals surface area contributed by atoms with Crippen molar-refractivity contribution in [2.24, 2.45) is 0 Å². The minimum atomic E-state index is 0.106. The van der Waals surface area contributed by atoms with Gasteiger partial charge in [0.25, 0.3) is 0 Å². The largest absolute Gasteiger partial charge is 0.312 e. The summed E-state index contributed by atoms with van der Waals surface area (Å²) in [5, 5.41) is 0. The fourth-order valence-corrected chi connectivity index (χ4v) is 3.37. The number of hydrogen-bond donors (Lipinski definition) is 0. The van der Waals surface area contributed by atoms with Crippen LogP contribution in [0.2, 0.25) is 0 Å². The van der Waals surface area contributed by atoms with Gasteiger partial charge in [0.05, 0.1) is 19.6 Å². The van der Waals surface area contributed by atoms with Crippen molar-refractivity contribution in [2.45, 2.75) is 13.0 Å². The van der Waals surface area contributed by atoms with Crippen molar-refractivity contribution in [1.82, 2.24) is 4.90 Å². The summed E-state index contributed by atoms with van der Waals surface area (Å²) in [5.74, 6) is 0.311. The van der Waals surface area contributed by atoms with Crippen LogP contribution in [0.3, 0.4) is 0 Å². The summed E-state index contributed by atoms with van der Waals surface area (Å²) in [6, 6.07) is 9.86. The number of fused-ring (bicyclic) bond motifs is 3. The minimum Gasteiger partial charge on any atom is -0.312 e. The first-order valence-electron chi connectivity index (χ1n) is 6.89. The first-order valence-corrected chi connectivity index (χ1v) is 6.89. The average molecular weight is 245 g/mol. The number of hydrogen-bond acceptors (Lipinski definition) is 2. The van der Waals surface area contributed by atoms with Gasteiger partial charge >= 0.3 is 0 Å². The maximum atomic E-state index is 12.6. The van der Waals surface area contributed by atoms with Gasteiger partial charge in [-0.05, 0) is 6.92 Å². The second-order valence-electron chi connectivity index (χ2n) is 5.64. The Morgan fingerprint density at radius 2 is 1.67 bits per heavy atom. The van der Waals surface area contributed by atoms with Gasteiger partial charge in [0.2, 0.25) is 5.78 Å². The van der Waals surface area contributed by atoms with E-state index in [1.54, 1.807) is 0 Å². The lowest BCUT2D eigenvalue weighted by molar-refractivity contribution is -0.952. The SMILES string of the molecule is CC(C(=O)c1ccccc1)[N+]12CCN(CC1)CC2. The van der Waals surface area contributed by atoms with Crippen molar-refractivity contribution >= 4 is 5.78 Å². The van der Waals surface area contributed by atoms with Gasteiger partial charge in [0.15, 0.2) is 6.04 Å². The maximum absolute atomic E-state index is 12.6. The summed E-state index contributed by atoms with van der Waals surface area (Å²) in [6.07, 6.45) is 0. The van der Waals surface area contributed by atoms with Gasteiger partial charge in [-0.25, -0.2) is 0 Å². The Bertz CT molecular complexity index is 421. The number of benzene rings is 1. The molecule has 0 aliphatic carbocycles. The molecule has 1 aromatic carbocycles. The first-order chi connectivity index (χ1) is 8.71. The molecule has 3 heteroatoms. The highest BCUT2D eigenvalue weighted by Crippen LogP contribution is 2.25. The summed E-state index contributed by atoms with van der Waals surface area (Å²) >= 11 is 0. The van der Waals surface area contributed by atoms with E-state index in [4.69, 9.17) is 0 Å². The number of carbonyl (C=O) groups excluding carboxylic acids is 1. The van der Waals surface area contributed by atoms with E-state index in [9.17, 15) is 4.79 Å². The molecule has 1 atom stereocenters. The van der Waals surface area contributed by atoms with Crippen molar-refractivity contribution in [1.29, 1.82) is 0 Å². The molecule has 1 aromatic rings. The predicted molar refractivity (Wildman–Crippen MR) is 71.5 cm³/mol. The number of ketones is 1. The van der Waals surface area contributed by atoms with Gasteiger partial charge in [-0.15, -0.1) is 0 Å². The molecule has 0 amide bonds. The van der Waals surface area contributed by atoms with Crippen LogP contribution >= 0.6 is 0 Å². The molecule has 0 aromatic heterocycles. The minimum absolute atomic E-state index is 0.106. The number of nitrogens with zero attached hydrogens (tertiary/aromatic N) is 2. The maximum Gasteiger partial charge on any atom is 0.219 e. The third-order valence-electron chi connectivity index (χ3n) is 4.84. The molecule has 0 spiro atoms. The highest BCUT2D eigenvalue weighted by atomic mass is 16.1. The summed E-state index contributed by atoms with van der Waals surface area (Å²) in [5.41, 5.74) is 0.866. The Hall–Kier alpha value is -1.19. The van der Waals surface area contributed by atoms with Gasteiger partial charge in [-0.3, -0.25) is 9.69 Å². The molecule has 3 nitrogen and oxygen atoms in total. The molecule has 3 saturated heterocycles. The second-order valence-corrected chi connectivity index (χ2v) is 5.64. The lowest BCUT2D eigenvalue weighted by Crippen LogP contribution is -2.71. The summed E-state index contributed by atoms with van der Waals surface area (Å²) in [6.45, 7) is 9.01. The highest BCUT2D eigenvalue weighted by molar-refractivity contribution is 5.99. The lowest BCUT2D eigenvalue weighted by atomic mass is 9.98. The highest BCUT2D eigenvalue weighted by Gasteiger charge is 2.45. The number of rotatable bonds is 3. The normalized spacial score (nSPS) is 32.2. The molecule has 0 saturated carbocycles. The zero-order valence-electron chi connectivity index (χ0n) is 11.0. The quantitative estimate of drug-likeness (QED) is 0.593. The van der Waals surface area contributed by atoms with Crippen LogP contribution in [0.5, 0.6) is 0 Å². The second kappa shape index (κ2) is 4.48. The molecule has 3 aliphatic heterocycles. The van der Waals surface area contributed by atoms with Crippen LogP contribution in [0.1, 0.15) is 17.3 Å². The zero-order valence-corrected chi connectivity index (χ0v) is 11.0. The standard InChI is InChI=1S/C15H21N2O/c1-13(15(18)14-5-3-2-4-6-14)17-10-7-16(8-11-17)9-12-17/h2-6,13H,7-12H2,1H3/q+1.